The largest absolute Gasteiger partial charge is 0.445 e. The van der Waals surface area contributed by atoms with Crippen molar-refractivity contribution in [1.82, 2.24) is 19.8 Å². The molecular weight excluding hydrogens is 552 g/mol. The van der Waals surface area contributed by atoms with Crippen LogP contribution in [0.4, 0.5) is 26.1 Å². The number of carbonyl (C=O) groups excluding carboxylic acids is 3. The molecular formula is C31H42N6O6. The van der Waals surface area contributed by atoms with Crippen molar-refractivity contribution in [2.45, 2.75) is 97.2 Å². The topological polar surface area (TPSA) is 126 Å². The third-order valence-electron chi connectivity index (χ3n) is 7.51. The number of carbonyl (C=O) groups is 3. The summed E-state index contributed by atoms with van der Waals surface area (Å²) in [5, 5.41) is 2.68. The first-order valence-electron chi connectivity index (χ1n) is 14.9. The number of ether oxygens (including phenoxy) is 3. The van der Waals surface area contributed by atoms with Crippen LogP contribution in [0.3, 0.4) is 0 Å². The van der Waals surface area contributed by atoms with Crippen molar-refractivity contribution in [3.8, 4) is 0 Å². The van der Waals surface area contributed by atoms with Gasteiger partial charge in [0.2, 0.25) is 5.95 Å². The molecule has 3 aliphatic heterocycles. The van der Waals surface area contributed by atoms with E-state index in [0.29, 0.717) is 37.6 Å². The van der Waals surface area contributed by atoms with Crippen LogP contribution < -0.4 is 10.2 Å². The minimum absolute atomic E-state index is 0.0190. The van der Waals surface area contributed by atoms with Crippen LogP contribution in [-0.2, 0) is 33.8 Å². The van der Waals surface area contributed by atoms with Gasteiger partial charge in [-0.1, -0.05) is 30.3 Å². The lowest BCUT2D eigenvalue weighted by Gasteiger charge is -2.42. The summed E-state index contributed by atoms with van der Waals surface area (Å²) < 4.78 is 16.7. The Labute approximate surface area is 252 Å². The molecule has 1 aromatic carbocycles. The molecule has 2 bridgehead atoms. The number of aromatic nitrogens is 2. The highest BCUT2D eigenvalue weighted by atomic mass is 16.6. The molecule has 12 nitrogen and oxygen atoms in total. The van der Waals surface area contributed by atoms with Crippen LogP contribution >= 0.6 is 0 Å². The van der Waals surface area contributed by atoms with E-state index in [9.17, 15) is 14.4 Å². The Hall–Kier alpha value is -4.09. The zero-order valence-corrected chi connectivity index (χ0v) is 25.9. The van der Waals surface area contributed by atoms with E-state index in [4.69, 9.17) is 19.2 Å². The molecule has 0 radical (unpaired) electrons. The molecule has 0 spiro atoms. The number of hydrogen-bond acceptors (Lipinski definition) is 9. The first-order chi connectivity index (χ1) is 20.3. The smallest absolute Gasteiger partial charge is 0.414 e. The fraction of sp³-hybridized carbons (Fsp3) is 0.581. The Balaban J connectivity index is 1.37. The lowest BCUT2D eigenvalue weighted by Crippen LogP contribution is -2.57. The van der Waals surface area contributed by atoms with Gasteiger partial charge in [0.25, 0.3) is 0 Å². The van der Waals surface area contributed by atoms with E-state index in [1.54, 1.807) is 25.7 Å². The van der Waals surface area contributed by atoms with Gasteiger partial charge in [0.05, 0.1) is 24.3 Å². The van der Waals surface area contributed by atoms with E-state index < -0.39 is 23.4 Å². The molecule has 0 aliphatic carbocycles. The number of benzene rings is 1. The summed E-state index contributed by atoms with van der Waals surface area (Å²) >= 11 is 0. The highest BCUT2D eigenvalue weighted by Crippen LogP contribution is 2.36. The van der Waals surface area contributed by atoms with Crippen molar-refractivity contribution in [3.05, 3.63) is 47.2 Å². The number of amides is 3. The van der Waals surface area contributed by atoms with Gasteiger partial charge in [0.1, 0.15) is 23.6 Å². The molecule has 2 atom stereocenters. The van der Waals surface area contributed by atoms with Gasteiger partial charge in [-0.15, -0.1) is 0 Å². The maximum absolute atomic E-state index is 13.0. The Morgan fingerprint density at radius 1 is 0.907 bits per heavy atom. The van der Waals surface area contributed by atoms with Crippen molar-refractivity contribution in [2.24, 2.45) is 0 Å². The van der Waals surface area contributed by atoms with Crippen molar-refractivity contribution in [1.29, 1.82) is 0 Å². The third-order valence-corrected chi connectivity index (χ3v) is 7.51. The number of piperazine rings is 1. The molecule has 2 fully saturated rings. The van der Waals surface area contributed by atoms with Crippen LogP contribution in [0.1, 0.15) is 71.2 Å². The van der Waals surface area contributed by atoms with E-state index in [0.717, 1.165) is 24.0 Å². The monoisotopic (exact) mass is 594 g/mol. The molecule has 2 saturated heterocycles. The van der Waals surface area contributed by atoms with E-state index in [-0.39, 0.29) is 37.3 Å². The van der Waals surface area contributed by atoms with Crippen molar-refractivity contribution in [3.63, 3.8) is 0 Å². The third kappa shape index (κ3) is 7.47. The van der Waals surface area contributed by atoms with Crippen LogP contribution in [0.25, 0.3) is 0 Å². The number of nitrogens with one attached hydrogen (secondary N) is 1. The fourth-order valence-corrected chi connectivity index (χ4v) is 5.78. The highest BCUT2D eigenvalue weighted by Gasteiger charge is 2.45. The van der Waals surface area contributed by atoms with Gasteiger partial charge in [-0.05, 0) is 66.4 Å². The van der Waals surface area contributed by atoms with Crippen LogP contribution in [0, 0.1) is 0 Å². The number of hydrogen-bond donors (Lipinski definition) is 1. The van der Waals surface area contributed by atoms with E-state index >= 15 is 0 Å². The molecule has 4 heterocycles. The summed E-state index contributed by atoms with van der Waals surface area (Å²) in [5.74, 6) is 0.804. The SMILES string of the molecule is CC(C)(C)OC(=O)Nc1nc2c(c(N3C[C@H]4CC[C@@H](C3)N4C(=O)OC(C)(C)C)n1)CCN(C(=O)OCc1ccccc1)C2. The van der Waals surface area contributed by atoms with Gasteiger partial charge in [0, 0.05) is 25.2 Å². The average Bonchev–Trinajstić information content (AvgIpc) is 3.19. The maximum atomic E-state index is 13.0. The summed E-state index contributed by atoms with van der Waals surface area (Å²) in [7, 11) is 0. The van der Waals surface area contributed by atoms with Crippen molar-refractivity contribution in [2.75, 3.05) is 29.9 Å². The van der Waals surface area contributed by atoms with Crippen LogP contribution in [-0.4, -0.2) is 81.0 Å². The van der Waals surface area contributed by atoms with Gasteiger partial charge in [0.15, 0.2) is 0 Å². The number of nitrogens with zero attached hydrogens (tertiary/aromatic N) is 5. The first-order valence-corrected chi connectivity index (χ1v) is 14.9. The number of anilines is 2. The van der Waals surface area contributed by atoms with Gasteiger partial charge in [-0.25, -0.2) is 19.4 Å². The zero-order chi connectivity index (χ0) is 30.9. The van der Waals surface area contributed by atoms with Gasteiger partial charge in [-0.2, -0.15) is 4.98 Å². The molecule has 3 amide bonds. The van der Waals surface area contributed by atoms with E-state index in [2.05, 4.69) is 15.2 Å². The summed E-state index contributed by atoms with van der Waals surface area (Å²) in [6, 6.07) is 9.49. The summed E-state index contributed by atoms with van der Waals surface area (Å²) in [6.45, 7) is 12.9. The molecule has 232 valence electrons. The average molecular weight is 595 g/mol. The highest BCUT2D eigenvalue weighted by molar-refractivity contribution is 5.83. The minimum atomic E-state index is -0.697. The predicted molar refractivity (Wildman–Crippen MR) is 160 cm³/mol. The molecule has 43 heavy (non-hydrogen) atoms. The first kappa shape index (κ1) is 30.4. The minimum Gasteiger partial charge on any atom is -0.445 e. The molecule has 2 aromatic rings. The van der Waals surface area contributed by atoms with Crippen LogP contribution in [0.15, 0.2) is 30.3 Å². The standard InChI is InChI=1S/C31H42N6O6/c1-30(2,3)42-27(38)34-26-32-24-18-35(28(39)41-19-20-10-8-7-9-11-20)15-14-23(24)25(33-26)36-16-21-12-13-22(17-36)37(21)29(40)43-31(4,5)6/h7-11,21-22H,12-19H2,1-6H3,(H,32,33,34,38)/t21-,22+. The molecule has 1 aromatic heterocycles. The van der Waals surface area contributed by atoms with Crippen LogP contribution in [0.5, 0.6) is 0 Å². The Morgan fingerprint density at radius 2 is 1.56 bits per heavy atom. The summed E-state index contributed by atoms with van der Waals surface area (Å²) in [5.41, 5.74) is 1.20. The molecule has 0 saturated carbocycles. The number of rotatable bonds is 4. The lowest BCUT2D eigenvalue weighted by atomic mass is 10.0. The Morgan fingerprint density at radius 3 is 2.19 bits per heavy atom. The molecule has 1 N–H and O–H groups in total. The van der Waals surface area contributed by atoms with E-state index in [1.165, 1.54) is 0 Å². The second-order valence-electron chi connectivity index (χ2n) is 13.3. The van der Waals surface area contributed by atoms with Crippen molar-refractivity contribution >= 4 is 30.0 Å². The summed E-state index contributed by atoms with van der Waals surface area (Å²) in [6.07, 6.45) is 0.888. The molecule has 0 unspecified atom stereocenters. The van der Waals surface area contributed by atoms with Gasteiger partial charge < -0.3 is 24.0 Å². The molecule has 12 heteroatoms. The Kier molecular flexibility index (Phi) is 8.40. The van der Waals surface area contributed by atoms with Crippen LogP contribution in [0.2, 0.25) is 0 Å². The normalized spacial score (nSPS) is 19.9. The quantitative estimate of drug-likeness (QED) is 0.481. The lowest BCUT2D eigenvalue weighted by molar-refractivity contribution is 0.0122. The van der Waals surface area contributed by atoms with Gasteiger partial charge in [-0.3, -0.25) is 10.2 Å². The van der Waals surface area contributed by atoms with Gasteiger partial charge >= 0.3 is 18.3 Å². The zero-order valence-electron chi connectivity index (χ0n) is 25.9. The molecule has 5 rings (SSSR count). The fourth-order valence-electron chi connectivity index (χ4n) is 5.78. The summed E-state index contributed by atoms with van der Waals surface area (Å²) in [4.78, 5) is 53.8. The molecule has 3 aliphatic rings. The second kappa shape index (κ2) is 11.9. The Bertz CT molecular complexity index is 1340. The predicted octanol–water partition coefficient (Wildman–Crippen LogP) is 5.11. The number of fused-ring (bicyclic) bond motifs is 3. The maximum Gasteiger partial charge on any atom is 0.414 e. The van der Waals surface area contributed by atoms with E-state index in [1.807, 2.05) is 56.0 Å². The second-order valence-corrected chi connectivity index (χ2v) is 13.3. The van der Waals surface area contributed by atoms with Crippen molar-refractivity contribution < 1.29 is 28.6 Å².